The second-order valence-electron chi connectivity index (χ2n) is 3.98. The lowest BCUT2D eigenvalue weighted by atomic mass is 9.98. The van der Waals surface area contributed by atoms with Crippen LogP contribution in [0.2, 0.25) is 0 Å². The summed E-state index contributed by atoms with van der Waals surface area (Å²) in [7, 11) is 1.45. The minimum Gasteiger partial charge on any atom is -0.496 e. The first kappa shape index (κ1) is 13.4. The van der Waals surface area contributed by atoms with Crippen molar-refractivity contribution in [2.24, 2.45) is 5.73 Å². The lowest BCUT2D eigenvalue weighted by Gasteiger charge is -2.16. The number of benzene rings is 2. The first-order chi connectivity index (χ1) is 9.06. The lowest BCUT2D eigenvalue weighted by molar-refractivity contribution is 0.405. The lowest BCUT2D eigenvalue weighted by Crippen LogP contribution is -2.16. The topological polar surface area (TPSA) is 35.2 Å². The van der Waals surface area contributed by atoms with Crippen molar-refractivity contribution in [3.63, 3.8) is 0 Å². The molecule has 0 saturated carbocycles. The van der Waals surface area contributed by atoms with E-state index < -0.39 is 23.5 Å². The summed E-state index contributed by atoms with van der Waals surface area (Å²) in [4.78, 5) is 0. The molecule has 0 aliphatic carbocycles. The maximum absolute atomic E-state index is 13.7. The third-order valence-corrected chi connectivity index (χ3v) is 2.87. The predicted octanol–water partition coefficient (Wildman–Crippen LogP) is 3.16. The Morgan fingerprint density at radius 3 is 2.32 bits per heavy atom. The molecule has 0 radical (unpaired) electrons. The third kappa shape index (κ3) is 2.42. The molecule has 0 aromatic heterocycles. The van der Waals surface area contributed by atoms with Crippen molar-refractivity contribution in [2.75, 3.05) is 7.11 Å². The number of rotatable bonds is 3. The Bertz CT molecular complexity index is 601. The summed E-state index contributed by atoms with van der Waals surface area (Å²) in [6, 6.07) is 7.78. The molecule has 2 aromatic rings. The number of para-hydroxylation sites is 1. The zero-order valence-corrected chi connectivity index (χ0v) is 10.2. The Morgan fingerprint density at radius 1 is 0.947 bits per heavy atom. The van der Waals surface area contributed by atoms with Gasteiger partial charge in [-0.25, -0.2) is 13.2 Å². The van der Waals surface area contributed by atoms with Crippen molar-refractivity contribution in [3.05, 3.63) is 65.0 Å². The molecule has 2 nitrogen and oxygen atoms in total. The van der Waals surface area contributed by atoms with Crippen LogP contribution >= 0.6 is 0 Å². The van der Waals surface area contributed by atoms with Crippen molar-refractivity contribution in [2.45, 2.75) is 6.04 Å². The second-order valence-corrected chi connectivity index (χ2v) is 3.98. The van der Waals surface area contributed by atoms with Gasteiger partial charge in [-0.1, -0.05) is 24.3 Å². The van der Waals surface area contributed by atoms with E-state index in [4.69, 9.17) is 10.5 Å². The quantitative estimate of drug-likeness (QED) is 0.867. The fraction of sp³-hybridized carbons (Fsp3) is 0.143. The highest BCUT2D eigenvalue weighted by atomic mass is 19.2. The van der Waals surface area contributed by atoms with Crippen molar-refractivity contribution >= 4 is 0 Å². The summed E-state index contributed by atoms with van der Waals surface area (Å²) < 4.78 is 44.9. The third-order valence-electron chi connectivity index (χ3n) is 2.87. The molecule has 0 heterocycles. The maximum atomic E-state index is 13.7. The van der Waals surface area contributed by atoms with E-state index >= 15 is 0 Å². The van der Waals surface area contributed by atoms with E-state index in [-0.39, 0.29) is 5.56 Å². The summed E-state index contributed by atoms with van der Waals surface area (Å²) in [5, 5.41) is 0. The number of halogens is 3. The van der Waals surface area contributed by atoms with E-state index in [1.807, 2.05) is 0 Å². The van der Waals surface area contributed by atoms with Crippen LogP contribution in [0, 0.1) is 17.5 Å². The summed E-state index contributed by atoms with van der Waals surface area (Å²) in [6.45, 7) is 0. The van der Waals surface area contributed by atoms with Crippen LogP contribution in [0.1, 0.15) is 17.2 Å². The summed E-state index contributed by atoms with van der Waals surface area (Å²) in [5.41, 5.74) is 6.28. The monoisotopic (exact) mass is 267 g/mol. The van der Waals surface area contributed by atoms with E-state index in [1.165, 1.54) is 7.11 Å². The maximum Gasteiger partial charge on any atom is 0.194 e. The largest absolute Gasteiger partial charge is 0.496 e. The fourth-order valence-electron chi connectivity index (χ4n) is 1.87. The molecular weight excluding hydrogens is 255 g/mol. The average molecular weight is 267 g/mol. The molecule has 2 rings (SSSR count). The molecule has 0 spiro atoms. The van der Waals surface area contributed by atoms with Crippen LogP contribution in [0.15, 0.2) is 36.4 Å². The number of hydrogen-bond acceptors (Lipinski definition) is 2. The Labute approximate surface area is 108 Å². The number of ether oxygens (including phenoxy) is 1. The van der Waals surface area contributed by atoms with Crippen molar-refractivity contribution in [3.8, 4) is 5.75 Å². The molecule has 1 atom stereocenters. The van der Waals surface area contributed by atoms with Crippen LogP contribution in [0.25, 0.3) is 0 Å². The zero-order valence-electron chi connectivity index (χ0n) is 10.2. The Balaban J connectivity index is 2.50. The van der Waals surface area contributed by atoms with Gasteiger partial charge in [0.15, 0.2) is 17.5 Å². The molecule has 19 heavy (non-hydrogen) atoms. The molecule has 0 aliphatic heterocycles. The smallest absolute Gasteiger partial charge is 0.194 e. The molecule has 0 bridgehead atoms. The van der Waals surface area contributed by atoms with Gasteiger partial charge in [-0.15, -0.1) is 0 Å². The van der Waals surface area contributed by atoms with Crippen LogP contribution in [0.4, 0.5) is 13.2 Å². The SMILES string of the molecule is COc1ccccc1C(N)c1ccc(F)c(F)c1F. The van der Waals surface area contributed by atoms with E-state index in [9.17, 15) is 13.2 Å². The van der Waals surface area contributed by atoms with Crippen LogP contribution in [0.3, 0.4) is 0 Å². The van der Waals surface area contributed by atoms with E-state index in [2.05, 4.69) is 0 Å². The van der Waals surface area contributed by atoms with Gasteiger partial charge in [0.05, 0.1) is 13.2 Å². The highest BCUT2D eigenvalue weighted by Gasteiger charge is 2.21. The fourth-order valence-corrected chi connectivity index (χ4v) is 1.87. The highest BCUT2D eigenvalue weighted by Crippen LogP contribution is 2.30. The van der Waals surface area contributed by atoms with E-state index in [0.29, 0.717) is 11.3 Å². The predicted molar refractivity (Wildman–Crippen MR) is 65.3 cm³/mol. The van der Waals surface area contributed by atoms with Gasteiger partial charge in [0, 0.05) is 11.1 Å². The molecule has 2 N–H and O–H groups in total. The van der Waals surface area contributed by atoms with Gasteiger partial charge in [-0.05, 0) is 12.1 Å². The summed E-state index contributed by atoms with van der Waals surface area (Å²) in [6.07, 6.45) is 0. The molecular formula is C14H12F3NO. The van der Waals surface area contributed by atoms with Crippen LogP contribution < -0.4 is 10.5 Å². The van der Waals surface area contributed by atoms with Crippen LogP contribution in [0.5, 0.6) is 5.75 Å². The first-order valence-electron chi connectivity index (χ1n) is 5.58. The second kappa shape index (κ2) is 5.32. The van der Waals surface area contributed by atoms with Crippen LogP contribution in [-0.2, 0) is 0 Å². The standard InChI is InChI=1S/C14H12F3NO/c1-19-11-5-3-2-4-8(11)14(18)9-6-7-10(15)13(17)12(9)16/h2-7,14H,18H2,1H3. The Kier molecular flexibility index (Phi) is 3.76. The molecule has 0 amide bonds. The van der Waals surface area contributed by atoms with Crippen molar-refractivity contribution < 1.29 is 17.9 Å². The normalized spacial score (nSPS) is 12.3. The molecule has 2 aromatic carbocycles. The van der Waals surface area contributed by atoms with Gasteiger partial charge in [0.1, 0.15) is 5.75 Å². The molecule has 0 fully saturated rings. The summed E-state index contributed by atoms with van der Waals surface area (Å²) >= 11 is 0. The highest BCUT2D eigenvalue weighted by molar-refractivity contribution is 5.41. The minimum absolute atomic E-state index is 0.122. The van der Waals surface area contributed by atoms with Crippen molar-refractivity contribution in [1.82, 2.24) is 0 Å². The number of methoxy groups -OCH3 is 1. The van der Waals surface area contributed by atoms with E-state index in [0.717, 1.165) is 12.1 Å². The zero-order chi connectivity index (χ0) is 14.0. The first-order valence-corrected chi connectivity index (χ1v) is 5.58. The van der Waals surface area contributed by atoms with Gasteiger partial charge in [-0.3, -0.25) is 0 Å². The van der Waals surface area contributed by atoms with Gasteiger partial charge in [0.25, 0.3) is 0 Å². The summed E-state index contributed by atoms with van der Waals surface area (Å²) in [5.74, 6) is -3.59. The molecule has 5 heteroatoms. The van der Waals surface area contributed by atoms with Gasteiger partial charge < -0.3 is 10.5 Å². The minimum atomic E-state index is -1.53. The molecule has 100 valence electrons. The van der Waals surface area contributed by atoms with Crippen molar-refractivity contribution in [1.29, 1.82) is 0 Å². The Morgan fingerprint density at radius 2 is 1.63 bits per heavy atom. The number of hydrogen-bond donors (Lipinski definition) is 1. The molecule has 1 unspecified atom stereocenters. The average Bonchev–Trinajstić information content (AvgIpc) is 2.44. The molecule has 0 saturated heterocycles. The Hall–Kier alpha value is -2.01. The van der Waals surface area contributed by atoms with Gasteiger partial charge in [-0.2, -0.15) is 0 Å². The van der Waals surface area contributed by atoms with E-state index in [1.54, 1.807) is 24.3 Å². The van der Waals surface area contributed by atoms with Crippen LogP contribution in [-0.4, -0.2) is 7.11 Å². The molecule has 0 aliphatic rings. The van der Waals surface area contributed by atoms with Gasteiger partial charge >= 0.3 is 0 Å². The number of nitrogens with two attached hydrogens (primary N) is 1. The van der Waals surface area contributed by atoms with Gasteiger partial charge in [0.2, 0.25) is 0 Å².